The molecular formula is C15H21N3O. The summed E-state index contributed by atoms with van der Waals surface area (Å²) in [5, 5.41) is 3.63. The van der Waals surface area contributed by atoms with Crippen LogP contribution in [0.4, 0.5) is 5.69 Å². The maximum absolute atomic E-state index is 11.3. The molecule has 102 valence electrons. The maximum Gasteiger partial charge on any atom is 0.323 e. The molecule has 1 saturated carbocycles. The van der Waals surface area contributed by atoms with Gasteiger partial charge < -0.3 is 15.3 Å². The first kappa shape index (κ1) is 12.3. The summed E-state index contributed by atoms with van der Waals surface area (Å²) in [6.07, 6.45) is 3.86. The van der Waals surface area contributed by atoms with Gasteiger partial charge in [-0.25, -0.2) is 4.79 Å². The number of aromatic nitrogens is 2. The van der Waals surface area contributed by atoms with Crippen LogP contribution >= 0.6 is 0 Å². The van der Waals surface area contributed by atoms with Gasteiger partial charge in [-0.2, -0.15) is 0 Å². The molecule has 3 rings (SSSR count). The fraction of sp³-hybridized carbons (Fsp3) is 0.533. The molecule has 0 spiro atoms. The lowest BCUT2D eigenvalue weighted by molar-refractivity contribution is 0.281. The van der Waals surface area contributed by atoms with E-state index in [-0.39, 0.29) is 5.69 Å². The number of nitrogens with one attached hydrogen (secondary N) is 3. The van der Waals surface area contributed by atoms with Crippen molar-refractivity contribution in [3.05, 3.63) is 28.7 Å². The van der Waals surface area contributed by atoms with Crippen molar-refractivity contribution in [3.63, 3.8) is 0 Å². The minimum Gasteiger partial charge on any atom is -0.382 e. The van der Waals surface area contributed by atoms with E-state index in [2.05, 4.69) is 29.1 Å². The van der Waals surface area contributed by atoms with Crippen LogP contribution in [0.25, 0.3) is 11.0 Å². The van der Waals surface area contributed by atoms with Crippen LogP contribution in [-0.4, -0.2) is 16.0 Å². The average Bonchev–Trinajstić information content (AvgIpc) is 2.73. The summed E-state index contributed by atoms with van der Waals surface area (Å²) in [7, 11) is 0. The number of hydrogen-bond acceptors (Lipinski definition) is 2. The molecule has 1 aliphatic carbocycles. The van der Waals surface area contributed by atoms with Crippen molar-refractivity contribution in [2.24, 2.45) is 11.8 Å². The Labute approximate surface area is 112 Å². The molecule has 0 saturated heterocycles. The van der Waals surface area contributed by atoms with Crippen LogP contribution in [0.3, 0.4) is 0 Å². The number of aromatic amines is 2. The normalized spacial score (nSPS) is 27.6. The molecule has 1 fully saturated rings. The van der Waals surface area contributed by atoms with Crippen molar-refractivity contribution >= 4 is 16.7 Å². The highest BCUT2D eigenvalue weighted by molar-refractivity contribution is 5.78. The Balaban J connectivity index is 1.82. The Morgan fingerprint density at radius 2 is 1.95 bits per heavy atom. The lowest BCUT2D eigenvalue weighted by atomic mass is 9.80. The predicted octanol–water partition coefficient (Wildman–Crippen LogP) is 3.09. The fourth-order valence-corrected chi connectivity index (χ4v) is 3.07. The number of rotatable bonds is 2. The third kappa shape index (κ3) is 2.53. The quantitative estimate of drug-likeness (QED) is 0.776. The molecule has 1 aromatic carbocycles. The topological polar surface area (TPSA) is 60.7 Å². The van der Waals surface area contributed by atoms with Crippen LogP contribution in [0.5, 0.6) is 0 Å². The van der Waals surface area contributed by atoms with E-state index in [1.165, 1.54) is 19.3 Å². The summed E-state index contributed by atoms with van der Waals surface area (Å²) < 4.78 is 0. The summed E-state index contributed by atoms with van der Waals surface area (Å²) in [5.74, 6) is 1.50. The molecular weight excluding hydrogens is 238 g/mol. The number of H-pyrrole nitrogens is 2. The predicted molar refractivity (Wildman–Crippen MR) is 78.5 cm³/mol. The van der Waals surface area contributed by atoms with Crippen molar-refractivity contribution < 1.29 is 0 Å². The van der Waals surface area contributed by atoms with Crippen LogP contribution in [0.1, 0.15) is 33.1 Å². The van der Waals surface area contributed by atoms with Crippen molar-refractivity contribution in [3.8, 4) is 0 Å². The van der Waals surface area contributed by atoms with Gasteiger partial charge in [0.25, 0.3) is 0 Å². The Morgan fingerprint density at radius 1 is 1.16 bits per heavy atom. The highest BCUT2D eigenvalue weighted by Gasteiger charge is 2.25. The number of benzene rings is 1. The van der Waals surface area contributed by atoms with Gasteiger partial charge in [-0.3, -0.25) is 0 Å². The van der Waals surface area contributed by atoms with Gasteiger partial charge in [-0.15, -0.1) is 0 Å². The smallest absolute Gasteiger partial charge is 0.323 e. The van der Waals surface area contributed by atoms with E-state index < -0.39 is 0 Å². The molecule has 4 nitrogen and oxygen atoms in total. The number of fused-ring (bicyclic) bond motifs is 1. The molecule has 0 radical (unpaired) electrons. The fourth-order valence-electron chi connectivity index (χ4n) is 3.07. The van der Waals surface area contributed by atoms with Gasteiger partial charge in [-0.1, -0.05) is 20.3 Å². The Morgan fingerprint density at radius 3 is 2.79 bits per heavy atom. The SMILES string of the molecule is CC1CCC(C)C(Nc2ccc3[nH]c(=O)[nH]c3c2)C1. The van der Waals surface area contributed by atoms with E-state index in [0.717, 1.165) is 22.6 Å². The molecule has 1 heterocycles. The Hall–Kier alpha value is -1.71. The van der Waals surface area contributed by atoms with E-state index in [1.807, 2.05) is 18.2 Å². The van der Waals surface area contributed by atoms with Crippen molar-refractivity contribution in [1.29, 1.82) is 0 Å². The second kappa shape index (κ2) is 4.76. The highest BCUT2D eigenvalue weighted by atomic mass is 16.1. The molecule has 0 amide bonds. The van der Waals surface area contributed by atoms with E-state index in [0.29, 0.717) is 12.0 Å². The van der Waals surface area contributed by atoms with Gasteiger partial charge in [-0.05, 0) is 42.9 Å². The molecule has 3 N–H and O–H groups in total. The molecule has 1 aromatic heterocycles. The number of imidazole rings is 1. The standard InChI is InChI=1S/C15H21N3O/c1-9-3-4-10(2)13(7-9)16-11-5-6-12-14(8-11)18-15(19)17-12/h5-6,8-10,13,16H,3-4,7H2,1-2H3,(H2,17,18,19). The van der Waals surface area contributed by atoms with Crippen molar-refractivity contribution in [1.82, 2.24) is 9.97 Å². The molecule has 19 heavy (non-hydrogen) atoms. The molecule has 3 unspecified atom stereocenters. The second-order valence-electron chi connectivity index (χ2n) is 5.99. The largest absolute Gasteiger partial charge is 0.382 e. The first-order valence-corrected chi connectivity index (χ1v) is 7.10. The zero-order valence-electron chi connectivity index (χ0n) is 11.5. The zero-order valence-corrected chi connectivity index (χ0v) is 11.5. The third-order valence-corrected chi connectivity index (χ3v) is 4.33. The molecule has 0 bridgehead atoms. The molecule has 3 atom stereocenters. The van der Waals surface area contributed by atoms with Gasteiger partial charge in [0, 0.05) is 11.7 Å². The van der Waals surface area contributed by atoms with Gasteiger partial charge in [0.2, 0.25) is 0 Å². The van der Waals surface area contributed by atoms with E-state index in [1.54, 1.807) is 0 Å². The van der Waals surface area contributed by atoms with Crippen LogP contribution in [0.15, 0.2) is 23.0 Å². The summed E-state index contributed by atoms with van der Waals surface area (Å²) in [6.45, 7) is 4.65. The maximum atomic E-state index is 11.3. The van der Waals surface area contributed by atoms with Crippen molar-refractivity contribution in [2.45, 2.75) is 39.2 Å². The van der Waals surface area contributed by atoms with Crippen LogP contribution < -0.4 is 11.0 Å². The van der Waals surface area contributed by atoms with Gasteiger partial charge >= 0.3 is 5.69 Å². The first-order valence-electron chi connectivity index (χ1n) is 7.10. The van der Waals surface area contributed by atoms with Crippen LogP contribution in [0.2, 0.25) is 0 Å². The van der Waals surface area contributed by atoms with E-state index in [4.69, 9.17) is 0 Å². The number of hydrogen-bond donors (Lipinski definition) is 3. The first-order chi connectivity index (χ1) is 9.11. The van der Waals surface area contributed by atoms with E-state index >= 15 is 0 Å². The Bertz CT molecular complexity index is 628. The van der Waals surface area contributed by atoms with Crippen LogP contribution in [0, 0.1) is 11.8 Å². The van der Waals surface area contributed by atoms with E-state index in [9.17, 15) is 4.79 Å². The third-order valence-electron chi connectivity index (χ3n) is 4.33. The molecule has 2 aromatic rings. The average molecular weight is 259 g/mol. The lowest BCUT2D eigenvalue weighted by Crippen LogP contribution is -2.33. The lowest BCUT2D eigenvalue weighted by Gasteiger charge is -2.34. The molecule has 0 aliphatic heterocycles. The van der Waals surface area contributed by atoms with Crippen LogP contribution in [-0.2, 0) is 0 Å². The Kier molecular flexibility index (Phi) is 3.09. The van der Waals surface area contributed by atoms with Gasteiger partial charge in [0.15, 0.2) is 0 Å². The summed E-state index contributed by atoms with van der Waals surface area (Å²) >= 11 is 0. The monoisotopic (exact) mass is 259 g/mol. The number of anilines is 1. The minimum atomic E-state index is -0.146. The minimum absolute atomic E-state index is 0.146. The summed E-state index contributed by atoms with van der Waals surface area (Å²) in [6, 6.07) is 6.54. The highest BCUT2D eigenvalue weighted by Crippen LogP contribution is 2.31. The van der Waals surface area contributed by atoms with Gasteiger partial charge in [0.05, 0.1) is 11.0 Å². The summed E-state index contributed by atoms with van der Waals surface area (Å²) in [5.41, 5.74) is 2.67. The zero-order chi connectivity index (χ0) is 13.4. The second-order valence-corrected chi connectivity index (χ2v) is 5.99. The van der Waals surface area contributed by atoms with Gasteiger partial charge in [0.1, 0.15) is 0 Å². The van der Waals surface area contributed by atoms with Crippen molar-refractivity contribution in [2.75, 3.05) is 5.32 Å². The molecule has 4 heteroatoms. The molecule has 1 aliphatic rings. The summed E-state index contributed by atoms with van der Waals surface area (Å²) in [4.78, 5) is 16.8.